The molecule has 98 valence electrons. The molecule has 2 bridgehead atoms. The highest BCUT2D eigenvalue weighted by Gasteiger charge is 2.57. The van der Waals surface area contributed by atoms with E-state index in [1.54, 1.807) is 0 Å². The minimum Gasteiger partial charge on any atom is -0.372 e. The third kappa shape index (κ3) is 2.13. The van der Waals surface area contributed by atoms with Crippen molar-refractivity contribution in [3.63, 3.8) is 0 Å². The van der Waals surface area contributed by atoms with Crippen LogP contribution in [0.3, 0.4) is 0 Å². The molecule has 1 spiro atoms. The molecule has 0 N–H and O–H groups in total. The molecular formula is C14H24O3. The fourth-order valence-electron chi connectivity index (χ4n) is 3.64. The van der Waals surface area contributed by atoms with E-state index >= 15 is 0 Å². The third-order valence-corrected chi connectivity index (χ3v) is 4.18. The Morgan fingerprint density at radius 1 is 1.24 bits per heavy atom. The summed E-state index contributed by atoms with van der Waals surface area (Å²) >= 11 is 0. The Hall–Kier alpha value is -0.120. The van der Waals surface area contributed by atoms with Crippen LogP contribution in [0.15, 0.2) is 0 Å². The van der Waals surface area contributed by atoms with Crippen LogP contribution in [0.4, 0.5) is 0 Å². The summed E-state index contributed by atoms with van der Waals surface area (Å²) in [4.78, 5) is 0. The Morgan fingerprint density at radius 2 is 2.06 bits per heavy atom. The maximum Gasteiger partial charge on any atom is 0.174 e. The van der Waals surface area contributed by atoms with E-state index in [0.717, 1.165) is 19.4 Å². The lowest BCUT2D eigenvalue weighted by Gasteiger charge is -2.47. The van der Waals surface area contributed by atoms with Gasteiger partial charge in [0.05, 0.1) is 24.4 Å². The van der Waals surface area contributed by atoms with Gasteiger partial charge in [-0.1, -0.05) is 6.42 Å². The molecule has 3 fully saturated rings. The van der Waals surface area contributed by atoms with Crippen molar-refractivity contribution in [3.05, 3.63) is 0 Å². The maximum absolute atomic E-state index is 6.26. The highest BCUT2D eigenvalue weighted by atomic mass is 16.7. The van der Waals surface area contributed by atoms with Crippen LogP contribution in [0, 0.1) is 5.92 Å². The monoisotopic (exact) mass is 240 g/mol. The van der Waals surface area contributed by atoms with E-state index in [0.29, 0.717) is 12.0 Å². The maximum atomic E-state index is 6.26. The number of ether oxygens (including phenoxy) is 3. The van der Waals surface area contributed by atoms with E-state index in [4.69, 9.17) is 14.2 Å². The molecule has 0 unspecified atom stereocenters. The summed E-state index contributed by atoms with van der Waals surface area (Å²) in [5.41, 5.74) is -0.0694. The largest absolute Gasteiger partial charge is 0.372 e. The van der Waals surface area contributed by atoms with Gasteiger partial charge in [0.1, 0.15) is 0 Å². The van der Waals surface area contributed by atoms with Gasteiger partial charge in [-0.05, 0) is 33.6 Å². The van der Waals surface area contributed by atoms with Crippen LogP contribution in [-0.4, -0.2) is 30.2 Å². The van der Waals surface area contributed by atoms with Crippen LogP contribution in [0.1, 0.15) is 52.9 Å². The molecule has 0 amide bonds. The zero-order valence-electron chi connectivity index (χ0n) is 11.2. The van der Waals surface area contributed by atoms with Crippen molar-refractivity contribution in [1.82, 2.24) is 0 Å². The summed E-state index contributed by atoms with van der Waals surface area (Å²) in [5.74, 6) is 0.145. The van der Waals surface area contributed by atoms with Crippen LogP contribution in [0.5, 0.6) is 0 Å². The van der Waals surface area contributed by atoms with Gasteiger partial charge in [0.2, 0.25) is 0 Å². The summed E-state index contributed by atoms with van der Waals surface area (Å²) in [5, 5.41) is 0. The molecule has 3 aliphatic rings. The van der Waals surface area contributed by atoms with E-state index in [-0.39, 0.29) is 17.5 Å². The second kappa shape index (κ2) is 3.94. The van der Waals surface area contributed by atoms with Gasteiger partial charge in [-0.25, -0.2) is 0 Å². The van der Waals surface area contributed by atoms with Crippen LogP contribution in [-0.2, 0) is 14.2 Å². The van der Waals surface area contributed by atoms with Gasteiger partial charge in [-0.2, -0.15) is 0 Å². The van der Waals surface area contributed by atoms with Gasteiger partial charge in [0.25, 0.3) is 0 Å². The predicted octanol–water partition coefficient (Wildman–Crippen LogP) is 2.88. The van der Waals surface area contributed by atoms with Crippen molar-refractivity contribution in [2.24, 2.45) is 5.92 Å². The second-order valence-electron chi connectivity index (χ2n) is 6.72. The first-order chi connectivity index (χ1) is 7.99. The molecule has 2 aliphatic heterocycles. The van der Waals surface area contributed by atoms with E-state index in [9.17, 15) is 0 Å². The fraction of sp³-hybridized carbons (Fsp3) is 1.00. The molecule has 3 nitrogen and oxygen atoms in total. The minimum absolute atomic E-state index is 0.0694. The highest BCUT2D eigenvalue weighted by molar-refractivity contribution is 4.99. The minimum atomic E-state index is -0.295. The Morgan fingerprint density at radius 3 is 2.82 bits per heavy atom. The van der Waals surface area contributed by atoms with Crippen LogP contribution in [0.2, 0.25) is 0 Å². The Labute approximate surface area is 104 Å². The van der Waals surface area contributed by atoms with Crippen LogP contribution in [0.25, 0.3) is 0 Å². The van der Waals surface area contributed by atoms with E-state index in [1.165, 1.54) is 19.3 Å². The molecule has 0 radical (unpaired) electrons. The number of hydrogen-bond acceptors (Lipinski definition) is 3. The van der Waals surface area contributed by atoms with Crippen LogP contribution < -0.4 is 0 Å². The first-order valence-corrected chi connectivity index (χ1v) is 6.98. The molecule has 3 heteroatoms. The molecule has 0 aromatic heterocycles. The number of fused-ring (bicyclic) bond motifs is 1. The van der Waals surface area contributed by atoms with Gasteiger partial charge < -0.3 is 14.2 Å². The summed E-state index contributed by atoms with van der Waals surface area (Å²) in [7, 11) is 0. The summed E-state index contributed by atoms with van der Waals surface area (Å²) < 4.78 is 18.4. The normalized spacial score (nSPS) is 45.7. The topological polar surface area (TPSA) is 27.7 Å². The predicted molar refractivity (Wildman–Crippen MR) is 64.8 cm³/mol. The summed E-state index contributed by atoms with van der Waals surface area (Å²) in [6, 6.07) is 0. The average molecular weight is 240 g/mol. The van der Waals surface area contributed by atoms with Crippen molar-refractivity contribution in [2.45, 2.75) is 76.5 Å². The standard InChI is InChI=1S/C14H24O3/c1-13(2,3)17-12-8-10-9-15-14(16-10)7-5-4-6-11(12)14/h10-12H,4-9H2,1-3H3/t10-,11-,12-,14+/m1/s1. The molecule has 0 aromatic carbocycles. The zero-order valence-corrected chi connectivity index (χ0v) is 11.2. The smallest absolute Gasteiger partial charge is 0.174 e. The lowest BCUT2D eigenvalue weighted by molar-refractivity contribution is -0.279. The first-order valence-electron chi connectivity index (χ1n) is 6.98. The summed E-state index contributed by atoms with van der Waals surface area (Å²) in [6.45, 7) is 7.18. The van der Waals surface area contributed by atoms with Crippen molar-refractivity contribution in [2.75, 3.05) is 6.61 Å². The van der Waals surface area contributed by atoms with Gasteiger partial charge in [-0.3, -0.25) is 0 Å². The molecule has 0 aromatic rings. The zero-order chi connectivity index (χ0) is 12.1. The molecule has 4 atom stereocenters. The highest BCUT2D eigenvalue weighted by Crippen LogP contribution is 2.50. The van der Waals surface area contributed by atoms with Gasteiger partial charge in [0.15, 0.2) is 5.79 Å². The Bertz CT molecular complexity index is 292. The lowest BCUT2D eigenvalue weighted by atomic mass is 9.77. The molecule has 17 heavy (non-hydrogen) atoms. The van der Waals surface area contributed by atoms with Crippen molar-refractivity contribution in [1.29, 1.82) is 0 Å². The van der Waals surface area contributed by atoms with Crippen molar-refractivity contribution < 1.29 is 14.2 Å². The van der Waals surface area contributed by atoms with Gasteiger partial charge in [-0.15, -0.1) is 0 Å². The third-order valence-electron chi connectivity index (χ3n) is 4.18. The Balaban J connectivity index is 1.81. The molecular weight excluding hydrogens is 216 g/mol. The Kier molecular flexibility index (Phi) is 2.77. The number of rotatable bonds is 1. The molecule has 1 saturated carbocycles. The SMILES string of the molecule is CC(C)(C)O[C@@H]1C[C@@H]2CO[C@@]3(CCCC[C@H]13)O2. The second-order valence-corrected chi connectivity index (χ2v) is 6.72. The molecule has 2 saturated heterocycles. The summed E-state index contributed by atoms with van der Waals surface area (Å²) in [6.07, 6.45) is 6.34. The van der Waals surface area contributed by atoms with E-state index < -0.39 is 0 Å². The number of hydrogen-bond donors (Lipinski definition) is 0. The van der Waals surface area contributed by atoms with E-state index in [2.05, 4.69) is 20.8 Å². The first kappa shape index (κ1) is 11.9. The fourth-order valence-corrected chi connectivity index (χ4v) is 3.64. The van der Waals surface area contributed by atoms with Crippen molar-refractivity contribution in [3.8, 4) is 0 Å². The lowest BCUT2D eigenvalue weighted by Crippen LogP contribution is -2.53. The quantitative estimate of drug-likeness (QED) is 0.705. The molecule has 1 aliphatic carbocycles. The molecule has 2 heterocycles. The van der Waals surface area contributed by atoms with Crippen LogP contribution >= 0.6 is 0 Å². The van der Waals surface area contributed by atoms with Gasteiger partial charge >= 0.3 is 0 Å². The van der Waals surface area contributed by atoms with E-state index in [1.807, 2.05) is 0 Å². The van der Waals surface area contributed by atoms with Gasteiger partial charge in [0, 0.05) is 18.8 Å². The molecule has 3 rings (SSSR count). The average Bonchev–Trinajstić information content (AvgIpc) is 2.54. The van der Waals surface area contributed by atoms with Crippen molar-refractivity contribution >= 4 is 0 Å².